The van der Waals surface area contributed by atoms with E-state index in [1.165, 1.54) is 21.9 Å². The van der Waals surface area contributed by atoms with Crippen LogP contribution < -0.4 is 5.32 Å². The lowest BCUT2D eigenvalue weighted by atomic mass is 9.95. The molecule has 0 aliphatic carbocycles. The molecule has 1 heteroatoms. The van der Waals surface area contributed by atoms with Crippen LogP contribution in [0.4, 0.5) is 0 Å². The Labute approximate surface area is 103 Å². The summed E-state index contributed by atoms with van der Waals surface area (Å²) in [4.78, 5) is 0. The van der Waals surface area contributed by atoms with E-state index in [1.54, 1.807) is 0 Å². The minimum Gasteiger partial charge on any atom is -0.313 e. The molecule has 1 N–H and O–H groups in total. The summed E-state index contributed by atoms with van der Waals surface area (Å²) in [6, 6.07) is 15.4. The predicted octanol–water partition coefficient (Wildman–Crippen LogP) is 4.07. The molecule has 1 unspecified atom stereocenters. The molecule has 0 saturated carbocycles. The Bertz CT molecular complexity index is 523. The Morgan fingerprint density at radius 1 is 1.18 bits per heavy atom. The fourth-order valence-corrected chi connectivity index (χ4v) is 2.27. The van der Waals surface area contributed by atoms with Crippen LogP contribution >= 0.6 is 0 Å². The molecule has 0 aliphatic rings. The van der Waals surface area contributed by atoms with E-state index in [9.17, 15) is 0 Å². The zero-order chi connectivity index (χ0) is 12.3. The summed E-state index contributed by atoms with van der Waals surface area (Å²) in [5, 5.41) is 6.01. The van der Waals surface area contributed by atoms with E-state index in [1.807, 2.05) is 7.05 Å². The highest BCUT2D eigenvalue weighted by atomic mass is 14.9. The standard InChI is InChI=1S/C16H19N/c1-12(2)11-16(17-3)15-10-6-8-13-7-4-5-9-14(13)15/h4-10,16-17H,1,11H2,2-3H3. The van der Waals surface area contributed by atoms with Crippen LogP contribution in [0, 0.1) is 0 Å². The van der Waals surface area contributed by atoms with Gasteiger partial charge < -0.3 is 5.32 Å². The molecule has 2 rings (SSSR count). The molecule has 2 aromatic carbocycles. The third-order valence-electron chi connectivity index (χ3n) is 3.10. The van der Waals surface area contributed by atoms with E-state index in [-0.39, 0.29) is 0 Å². The molecule has 0 amide bonds. The van der Waals surface area contributed by atoms with Crippen molar-refractivity contribution in [2.24, 2.45) is 0 Å². The molecule has 0 bridgehead atoms. The first-order chi connectivity index (χ1) is 8.22. The molecule has 0 heterocycles. The molecule has 0 radical (unpaired) electrons. The van der Waals surface area contributed by atoms with E-state index < -0.39 is 0 Å². The fourth-order valence-electron chi connectivity index (χ4n) is 2.27. The van der Waals surface area contributed by atoms with Crippen molar-refractivity contribution in [2.75, 3.05) is 7.05 Å². The van der Waals surface area contributed by atoms with Crippen molar-refractivity contribution in [3.63, 3.8) is 0 Å². The number of benzene rings is 2. The second kappa shape index (κ2) is 5.15. The Morgan fingerprint density at radius 2 is 1.88 bits per heavy atom. The fraction of sp³-hybridized carbons (Fsp3) is 0.250. The highest BCUT2D eigenvalue weighted by Crippen LogP contribution is 2.27. The van der Waals surface area contributed by atoms with Crippen molar-refractivity contribution in [1.29, 1.82) is 0 Å². The van der Waals surface area contributed by atoms with Gasteiger partial charge in [-0.15, -0.1) is 6.58 Å². The minimum atomic E-state index is 0.346. The molecular weight excluding hydrogens is 206 g/mol. The number of hydrogen-bond acceptors (Lipinski definition) is 1. The lowest BCUT2D eigenvalue weighted by molar-refractivity contribution is 0.594. The quantitative estimate of drug-likeness (QED) is 0.773. The SMILES string of the molecule is C=C(C)CC(NC)c1cccc2ccccc12. The van der Waals surface area contributed by atoms with Gasteiger partial charge in [-0.1, -0.05) is 48.0 Å². The molecule has 0 saturated heterocycles. The molecule has 2 aromatic rings. The molecule has 0 fully saturated rings. The zero-order valence-electron chi connectivity index (χ0n) is 10.5. The molecule has 0 aliphatic heterocycles. The van der Waals surface area contributed by atoms with Gasteiger partial charge in [-0.05, 0) is 36.7 Å². The Kier molecular flexibility index (Phi) is 3.60. The van der Waals surface area contributed by atoms with Gasteiger partial charge in [0.25, 0.3) is 0 Å². The molecule has 1 atom stereocenters. The van der Waals surface area contributed by atoms with Gasteiger partial charge in [-0.3, -0.25) is 0 Å². The number of rotatable bonds is 4. The van der Waals surface area contributed by atoms with E-state index in [0.29, 0.717) is 6.04 Å². The van der Waals surface area contributed by atoms with E-state index in [0.717, 1.165) is 6.42 Å². The van der Waals surface area contributed by atoms with E-state index >= 15 is 0 Å². The van der Waals surface area contributed by atoms with Gasteiger partial charge in [0.2, 0.25) is 0 Å². The van der Waals surface area contributed by atoms with E-state index in [2.05, 4.69) is 61.3 Å². The highest BCUT2D eigenvalue weighted by Gasteiger charge is 2.11. The summed E-state index contributed by atoms with van der Waals surface area (Å²) in [5.41, 5.74) is 2.56. The van der Waals surface area contributed by atoms with Crippen LogP contribution in [-0.2, 0) is 0 Å². The summed E-state index contributed by atoms with van der Waals surface area (Å²) in [6.07, 6.45) is 0.977. The van der Waals surface area contributed by atoms with Gasteiger partial charge >= 0.3 is 0 Å². The maximum absolute atomic E-state index is 4.01. The Hall–Kier alpha value is -1.60. The summed E-state index contributed by atoms with van der Waals surface area (Å²) < 4.78 is 0. The monoisotopic (exact) mass is 225 g/mol. The van der Waals surface area contributed by atoms with Gasteiger partial charge in [0, 0.05) is 6.04 Å². The largest absolute Gasteiger partial charge is 0.313 e. The minimum absolute atomic E-state index is 0.346. The number of nitrogens with one attached hydrogen (secondary N) is 1. The average molecular weight is 225 g/mol. The average Bonchev–Trinajstić information content (AvgIpc) is 2.35. The first-order valence-corrected chi connectivity index (χ1v) is 6.01. The molecule has 0 spiro atoms. The van der Waals surface area contributed by atoms with Crippen LogP contribution in [0.25, 0.3) is 10.8 Å². The van der Waals surface area contributed by atoms with Crippen molar-refractivity contribution in [3.05, 3.63) is 60.2 Å². The first-order valence-electron chi connectivity index (χ1n) is 6.01. The summed E-state index contributed by atoms with van der Waals surface area (Å²) >= 11 is 0. The van der Waals surface area contributed by atoms with Crippen molar-refractivity contribution < 1.29 is 0 Å². The molecule has 0 aromatic heterocycles. The molecule has 1 nitrogen and oxygen atoms in total. The van der Waals surface area contributed by atoms with Crippen molar-refractivity contribution in [3.8, 4) is 0 Å². The van der Waals surface area contributed by atoms with Crippen LogP contribution in [0.3, 0.4) is 0 Å². The summed E-state index contributed by atoms with van der Waals surface area (Å²) in [5.74, 6) is 0. The van der Waals surface area contributed by atoms with Gasteiger partial charge in [0.05, 0.1) is 0 Å². The maximum atomic E-state index is 4.01. The predicted molar refractivity (Wildman–Crippen MR) is 75.2 cm³/mol. The third kappa shape index (κ3) is 2.56. The maximum Gasteiger partial charge on any atom is 0.0361 e. The van der Waals surface area contributed by atoms with Crippen LogP contribution in [0.15, 0.2) is 54.6 Å². The molecular formula is C16H19N. The Morgan fingerprint density at radius 3 is 2.59 bits per heavy atom. The second-order valence-corrected chi connectivity index (χ2v) is 4.57. The second-order valence-electron chi connectivity index (χ2n) is 4.57. The van der Waals surface area contributed by atoms with Crippen LogP contribution in [0.5, 0.6) is 0 Å². The van der Waals surface area contributed by atoms with Crippen LogP contribution in [0.2, 0.25) is 0 Å². The topological polar surface area (TPSA) is 12.0 Å². The molecule has 88 valence electrons. The normalized spacial score (nSPS) is 12.6. The van der Waals surface area contributed by atoms with E-state index in [4.69, 9.17) is 0 Å². The van der Waals surface area contributed by atoms with Gasteiger partial charge in [0.1, 0.15) is 0 Å². The number of hydrogen-bond donors (Lipinski definition) is 1. The Balaban J connectivity index is 2.49. The van der Waals surface area contributed by atoms with Crippen molar-refractivity contribution in [1.82, 2.24) is 5.32 Å². The number of fused-ring (bicyclic) bond motifs is 1. The van der Waals surface area contributed by atoms with Gasteiger partial charge in [-0.25, -0.2) is 0 Å². The highest BCUT2D eigenvalue weighted by molar-refractivity contribution is 5.86. The summed E-state index contributed by atoms with van der Waals surface area (Å²) in [6.45, 7) is 6.09. The van der Waals surface area contributed by atoms with Gasteiger partial charge in [0.15, 0.2) is 0 Å². The first kappa shape index (κ1) is 11.9. The molecule has 17 heavy (non-hydrogen) atoms. The smallest absolute Gasteiger partial charge is 0.0361 e. The van der Waals surface area contributed by atoms with Crippen LogP contribution in [0.1, 0.15) is 24.9 Å². The summed E-state index contributed by atoms with van der Waals surface area (Å²) in [7, 11) is 2.01. The van der Waals surface area contributed by atoms with Gasteiger partial charge in [-0.2, -0.15) is 0 Å². The third-order valence-corrected chi connectivity index (χ3v) is 3.10. The lowest BCUT2D eigenvalue weighted by Gasteiger charge is -2.18. The lowest BCUT2D eigenvalue weighted by Crippen LogP contribution is -2.16. The van der Waals surface area contributed by atoms with Crippen molar-refractivity contribution in [2.45, 2.75) is 19.4 Å². The van der Waals surface area contributed by atoms with Crippen molar-refractivity contribution >= 4 is 10.8 Å². The van der Waals surface area contributed by atoms with Crippen LogP contribution in [-0.4, -0.2) is 7.05 Å². The zero-order valence-corrected chi connectivity index (χ0v) is 10.5.